The van der Waals surface area contributed by atoms with Crippen LogP contribution in [0.2, 0.25) is 0 Å². The normalized spacial score (nSPS) is 12.8. The number of fused-ring (bicyclic) bond motifs is 2. The maximum atomic E-state index is 12.9. The van der Waals surface area contributed by atoms with Crippen LogP contribution in [0.4, 0.5) is 0 Å². The van der Waals surface area contributed by atoms with Crippen LogP contribution in [0.5, 0.6) is 5.75 Å². The minimum atomic E-state index is -0.685. The number of methoxy groups -OCH3 is 1. The van der Waals surface area contributed by atoms with Crippen molar-refractivity contribution in [1.29, 1.82) is 0 Å². The molecule has 0 saturated carbocycles. The quantitative estimate of drug-likeness (QED) is 0.302. The molecule has 0 bridgehead atoms. The number of aryl methyl sites for hydroxylation is 1. The van der Waals surface area contributed by atoms with E-state index in [-0.39, 0.29) is 41.8 Å². The molecule has 0 fully saturated rings. The zero-order chi connectivity index (χ0) is 24.7. The second-order valence-electron chi connectivity index (χ2n) is 7.93. The van der Waals surface area contributed by atoms with Crippen molar-refractivity contribution in [1.82, 2.24) is 14.3 Å². The SMILES string of the molecule is COc1ccc(CN2C(=O)c3ccccc3C2=O)cc1C(=O)OCc1cc(=O)n2c(C)csc2n1. The summed E-state index contributed by atoms with van der Waals surface area (Å²) in [7, 11) is 1.42. The van der Waals surface area contributed by atoms with Gasteiger partial charge in [0.2, 0.25) is 0 Å². The summed E-state index contributed by atoms with van der Waals surface area (Å²) in [6.45, 7) is 1.60. The van der Waals surface area contributed by atoms with Gasteiger partial charge in [0, 0.05) is 17.1 Å². The molecule has 2 aromatic heterocycles. The second kappa shape index (κ2) is 8.80. The van der Waals surface area contributed by atoms with Gasteiger partial charge in [-0.1, -0.05) is 18.2 Å². The molecular formula is C25H19N3O6S. The van der Waals surface area contributed by atoms with Crippen LogP contribution in [0.3, 0.4) is 0 Å². The Labute approximate surface area is 203 Å². The smallest absolute Gasteiger partial charge is 0.342 e. The third kappa shape index (κ3) is 3.97. The molecule has 1 aliphatic rings. The summed E-state index contributed by atoms with van der Waals surface area (Å²) < 4.78 is 12.2. The molecule has 1 aliphatic heterocycles. The van der Waals surface area contributed by atoms with Crippen LogP contribution in [-0.2, 0) is 17.9 Å². The van der Waals surface area contributed by atoms with Gasteiger partial charge in [0.15, 0.2) is 4.96 Å². The summed E-state index contributed by atoms with van der Waals surface area (Å²) in [5.74, 6) is -1.18. The third-order valence-corrected chi connectivity index (χ3v) is 6.63. The Morgan fingerprint density at radius 2 is 1.74 bits per heavy atom. The fourth-order valence-corrected chi connectivity index (χ4v) is 4.86. The van der Waals surface area contributed by atoms with Gasteiger partial charge in [0.05, 0.1) is 30.5 Å². The highest BCUT2D eigenvalue weighted by Gasteiger charge is 2.35. The molecule has 0 spiro atoms. The Morgan fingerprint density at radius 3 is 2.43 bits per heavy atom. The van der Waals surface area contributed by atoms with Crippen molar-refractivity contribution in [3.63, 3.8) is 0 Å². The average Bonchev–Trinajstić information content (AvgIpc) is 3.35. The number of amides is 2. The number of esters is 1. The number of hydrogen-bond donors (Lipinski definition) is 0. The molecule has 0 N–H and O–H groups in total. The molecule has 4 aromatic rings. The molecule has 35 heavy (non-hydrogen) atoms. The predicted octanol–water partition coefficient (Wildman–Crippen LogP) is 3.23. The van der Waals surface area contributed by atoms with Gasteiger partial charge in [-0.2, -0.15) is 0 Å². The van der Waals surface area contributed by atoms with E-state index in [1.165, 1.54) is 35.0 Å². The average molecular weight is 490 g/mol. The van der Waals surface area contributed by atoms with Crippen molar-refractivity contribution in [2.75, 3.05) is 7.11 Å². The highest BCUT2D eigenvalue weighted by atomic mass is 32.1. The molecule has 2 amide bonds. The summed E-state index contributed by atoms with van der Waals surface area (Å²) in [4.78, 5) is 56.7. The van der Waals surface area contributed by atoms with Crippen molar-refractivity contribution in [3.8, 4) is 5.75 Å². The van der Waals surface area contributed by atoms with E-state index in [0.717, 1.165) is 10.6 Å². The number of benzene rings is 2. The number of thiazole rings is 1. The summed E-state index contributed by atoms with van der Waals surface area (Å²) in [6.07, 6.45) is 0. The van der Waals surface area contributed by atoms with Gasteiger partial charge in [-0.3, -0.25) is 23.7 Å². The minimum Gasteiger partial charge on any atom is -0.496 e. The highest BCUT2D eigenvalue weighted by molar-refractivity contribution is 7.15. The standard InChI is InChI=1S/C25H19N3O6S/c1-14-13-35-25-26-16(10-21(29)28(14)25)12-34-24(32)19-9-15(7-8-20(19)33-2)11-27-22(30)17-5-3-4-6-18(17)23(27)31/h3-10,13H,11-12H2,1-2H3. The minimum absolute atomic E-state index is 0.0106. The van der Waals surface area contributed by atoms with Crippen molar-refractivity contribution in [3.05, 3.63) is 97.9 Å². The van der Waals surface area contributed by atoms with Crippen LogP contribution in [0.1, 0.15) is 48.0 Å². The van der Waals surface area contributed by atoms with Gasteiger partial charge in [0.25, 0.3) is 17.4 Å². The van der Waals surface area contributed by atoms with Crippen molar-refractivity contribution in [2.45, 2.75) is 20.1 Å². The maximum Gasteiger partial charge on any atom is 0.342 e. The number of carbonyl (C=O) groups excluding carboxylic acids is 3. The zero-order valence-corrected chi connectivity index (χ0v) is 19.6. The van der Waals surface area contributed by atoms with E-state index in [4.69, 9.17) is 9.47 Å². The first-order chi connectivity index (χ1) is 16.9. The lowest BCUT2D eigenvalue weighted by Crippen LogP contribution is -2.29. The van der Waals surface area contributed by atoms with Gasteiger partial charge in [-0.15, -0.1) is 11.3 Å². The number of rotatable bonds is 6. The van der Waals surface area contributed by atoms with E-state index in [1.807, 2.05) is 12.3 Å². The number of imide groups is 1. The van der Waals surface area contributed by atoms with Gasteiger partial charge >= 0.3 is 5.97 Å². The van der Waals surface area contributed by atoms with E-state index in [9.17, 15) is 19.2 Å². The number of carbonyl (C=O) groups is 3. The number of nitrogens with zero attached hydrogens (tertiary/aromatic N) is 3. The molecule has 2 aromatic carbocycles. The maximum absolute atomic E-state index is 12.9. The van der Waals surface area contributed by atoms with Gasteiger partial charge < -0.3 is 9.47 Å². The van der Waals surface area contributed by atoms with Crippen LogP contribution in [0, 0.1) is 6.92 Å². The second-order valence-corrected chi connectivity index (χ2v) is 8.77. The lowest BCUT2D eigenvalue weighted by atomic mass is 10.1. The molecule has 3 heterocycles. The van der Waals surface area contributed by atoms with E-state index < -0.39 is 5.97 Å². The third-order valence-electron chi connectivity index (χ3n) is 5.68. The fourth-order valence-electron chi connectivity index (χ4n) is 3.97. The van der Waals surface area contributed by atoms with E-state index in [0.29, 0.717) is 27.3 Å². The molecule has 5 rings (SSSR count). The first-order valence-corrected chi connectivity index (χ1v) is 11.5. The van der Waals surface area contributed by atoms with Gasteiger partial charge in [-0.25, -0.2) is 9.78 Å². The molecule has 9 nitrogen and oxygen atoms in total. The lowest BCUT2D eigenvalue weighted by molar-refractivity contribution is 0.0463. The molecule has 176 valence electrons. The van der Waals surface area contributed by atoms with Crippen LogP contribution in [0.25, 0.3) is 4.96 Å². The van der Waals surface area contributed by atoms with Gasteiger partial charge in [-0.05, 0) is 36.8 Å². The van der Waals surface area contributed by atoms with E-state index in [2.05, 4.69) is 4.98 Å². The molecule has 0 aliphatic carbocycles. The van der Waals surface area contributed by atoms with Crippen molar-refractivity contribution in [2.24, 2.45) is 0 Å². The Bertz CT molecular complexity index is 1540. The van der Waals surface area contributed by atoms with Crippen molar-refractivity contribution < 1.29 is 23.9 Å². The van der Waals surface area contributed by atoms with Crippen molar-refractivity contribution >= 4 is 34.1 Å². The fraction of sp³-hybridized carbons (Fsp3) is 0.160. The molecule has 0 saturated heterocycles. The Kier molecular flexibility index (Phi) is 5.65. The molecule has 0 atom stereocenters. The van der Waals surface area contributed by atoms with Crippen LogP contribution in [-0.4, -0.2) is 39.2 Å². The van der Waals surface area contributed by atoms with Gasteiger partial charge in [0.1, 0.15) is 17.9 Å². The number of aromatic nitrogens is 2. The number of hydrogen-bond acceptors (Lipinski definition) is 8. The topological polar surface area (TPSA) is 107 Å². The first kappa shape index (κ1) is 22.5. The number of ether oxygens (including phenoxy) is 2. The monoisotopic (exact) mass is 489 g/mol. The molecular weight excluding hydrogens is 470 g/mol. The zero-order valence-electron chi connectivity index (χ0n) is 18.8. The molecule has 0 unspecified atom stereocenters. The first-order valence-electron chi connectivity index (χ1n) is 10.6. The predicted molar refractivity (Wildman–Crippen MR) is 127 cm³/mol. The Morgan fingerprint density at radius 1 is 1.03 bits per heavy atom. The molecule has 10 heteroatoms. The highest BCUT2D eigenvalue weighted by Crippen LogP contribution is 2.27. The Hall–Kier alpha value is -4.31. The van der Waals surface area contributed by atoms with E-state index >= 15 is 0 Å². The summed E-state index contributed by atoms with van der Waals surface area (Å²) in [6, 6.07) is 12.7. The van der Waals surface area contributed by atoms with E-state index in [1.54, 1.807) is 36.4 Å². The Balaban J connectivity index is 1.35. The summed E-state index contributed by atoms with van der Waals surface area (Å²) in [5.41, 5.74) is 2.25. The molecule has 0 radical (unpaired) electrons. The summed E-state index contributed by atoms with van der Waals surface area (Å²) in [5, 5.41) is 1.82. The van der Waals surface area contributed by atoms with Crippen LogP contribution < -0.4 is 10.3 Å². The largest absolute Gasteiger partial charge is 0.496 e. The lowest BCUT2D eigenvalue weighted by Gasteiger charge is -2.16. The van der Waals surface area contributed by atoms with Crippen LogP contribution >= 0.6 is 11.3 Å². The van der Waals surface area contributed by atoms with Crippen LogP contribution in [0.15, 0.2) is 58.7 Å². The summed E-state index contributed by atoms with van der Waals surface area (Å²) >= 11 is 1.32.